The van der Waals surface area contributed by atoms with Crippen LogP contribution in [-0.2, 0) is 19.3 Å². The second-order valence-electron chi connectivity index (χ2n) is 7.71. The van der Waals surface area contributed by atoms with Gasteiger partial charge in [0.25, 0.3) is 5.91 Å². The van der Waals surface area contributed by atoms with Crippen LogP contribution in [0.15, 0.2) is 22.6 Å². The lowest BCUT2D eigenvalue weighted by atomic mass is 9.72. The van der Waals surface area contributed by atoms with Crippen LogP contribution in [-0.4, -0.2) is 12.1 Å². The molecule has 0 aromatic carbocycles. The highest BCUT2D eigenvalue weighted by Crippen LogP contribution is 2.40. The second kappa shape index (κ2) is 7.42. The molecule has 5 heteroatoms. The van der Waals surface area contributed by atoms with Gasteiger partial charge < -0.3 is 0 Å². The summed E-state index contributed by atoms with van der Waals surface area (Å²) in [6.45, 7) is 9.08. The first-order valence-electron chi connectivity index (χ1n) is 8.89. The first kappa shape index (κ1) is 18.3. The Morgan fingerprint density at radius 1 is 1.40 bits per heavy atom. The average molecular weight is 375 g/mol. The normalized spacial score (nSPS) is 17.7. The maximum Gasteiger partial charge on any atom is 0.272 e. The molecule has 1 atom stereocenters. The third-order valence-electron chi connectivity index (χ3n) is 5.01. The van der Waals surface area contributed by atoms with Gasteiger partial charge in [0.2, 0.25) is 0 Å². The number of aryl methyl sites for hydroxylation is 1. The highest BCUT2D eigenvalue weighted by Gasteiger charge is 2.31. The number of nitrogens with one attached hydrogen (secondary N) is 1. The summed E-state index contributed by atoms with van der Waals surface area (Å²) < 4.78 is 0. The van der Waals surface area contributed by atoms with Gasteiger partial charge in [-0.1, -0.05) is 27.7 Å². The van der Waals surface area contributed by atoms with Gasteiger partial charge >= 0.3 is 0 Å². The van der Waals surface area contributed by atoms with Crippen LogP contribution in [0.1, 0.15) is 64.7 Å². The van der Waals surface area contributed by atoms with Crippen LogP contribution >= 0.6 is 22.7 Å². The number of nitrogens with zero attached hydrogens (tertiary/aromatic N) is 1. The Labute approximate surface area is 158 Å². The van der Waals surface area contributed by atoms with Crippen LogP contribution in [0.3, 0.4) is 0 Å². The maximum atomic E-state index is 12.5. The van der Waals surface area contributed by atoms with Gasteiger partial charge in [-0.05, 0) is 54.7 Å². The van der Waals surface area contributed by atoms with Crippen molar-refractivity contribution in [2.24, 2.45) is 16.4 Å². The third kappa shape index (κ3) is 4.21. The lowest BCUT2D eigenvalue weighted by Crippen LogP contribution is -2.27. The van der Waals surface area contributed by atoms with E-state index >= 15 is 0 Å². The topological polar surface area (TPSA) is 41.5 Å². The maximum absolute atomic E-state index is 12.5. The molecule has 0 aliphatic heterocycles. The van der Waals surface area contributed by atoms with Crippen molar-refractivity contribution in [3.05, 3.63) is 43.3 Å². The van der Waals surface area contributed by atoms with Gasteiger partial charge in [-0.15, -0.1) is 22.7 Å². The lowest BCUT2D eigenvalue weighted by Gasteiger charge is -2.33. The molecule has 1 amide bonds. The molecule has 1 unspecified atom stereocenters. The highest BCUT2D eigenvalue weighted by atomic mass is 32.1. The van der Waals surface area contributed by atoms with Crippen LogP contribution in [0.25, 0.3) is 0 Å². The molecule has 0 saturated heterocycles. The Hall–Kier alpha value is -1.46. The van der Waals surface area contributed by atoms with Crippen molar-refractivity contribution in [3.63, 3.8) is 0 Å². The van der Waals surface area contributed by atoms with Gasteiger partial charge in [-0.2, -0.15) is 5.10 Å². The summed E-state index contributed by atoms with van der Waals surface area (Å²) in [5.74, 6) is 0.606. The zero-order chi connectivity index (χ0) is 18.0. The highest BCUT2D eigenvalue weighted by molar-refractivity contribution is 7.13. The van der Waals surface area contributed by atoms with Gasteiger partial charge in [0.1, 0.15) is 0 Å². The van der Waals surface area contributed by atoms with Crippen molar-refractivity contribution in [3.8, 4) is 0 Å². The molecule has 0 bridgehead atoms. The molecular weight excluding hydrogens is 348 g/mol. The predicted octanol–water partition coefficient (Wildman–Crippen LogP) is 5.29. The van der Waals surface area contributed by atoms with Crippen molar-refractivity contribution >= 4 is 34.8 Å². The molecule has 25 heavy (non-hydrogen) atoms. The number of carbonyl (C=O) groups is 1. The monoisotopic (exact) mass is 374 g/mol. The van der Waals surface area contributed by atoms with Crippen LogP contribution < -0.4 is 5.43 Å². The quantitative estimate of drug-likeness (QED) is 0.573. The summed E-state index contributed by atoms with van der Waals surface area (Å²) in [4.78, 5) is 16.3. The number of amides is 1. The number of rotatable bonds is 4. The van der Waals surface area contributed by atoms with Crippen molar-refractivity contribution < 1.29 is 4.79 Å². The Bertz CT molecular complexity index is 780. The molecule has 1 aliphatic rings. The minimum atomic E-state index is -0.0878. The number of hydrazone groups is 1. The minimum Gasteiger partial charge on any atom is -0.267 e. The zero-order valence-corrected chi connectivity index (χ0v) is 17.0. The molecule has 3 nitrogen and oxygen atoms in total. The third-order valence-corrected chi connectivity index (χ3v) is 7.23. The Morgan fingerprint density at radius 2 is 2.20 bits per heavy atom. The van der Waals surface area contributed by atoms with E-state index in [4.69, 9.17) is 0 Å². The molecule has 3 rings (SSSR count). The van der Waals surface area contributed by atoms with Crippen molar-refractivity contribution in [1.82, 2.24) is 5.43 Å². The smallest absolute Gasteiger partial charge is 0.267 e. The molecule has 0 radical (unpaired) electrons. The van der Waals surface area contributed by atoms with E-state index in [-0.39, 0.29) is 5.91 Å². The van der Waals surface area contributed by atoms with Gasteiger partial charge in [0.05, 0.1) is 11.8 Å². The summed E-state index contributed by atoms with van der Waals surface area (Å²) in [7, 11) is 0. The van der Waals surface area contributed by atoms with Crippen molar-refractivity contribution in [2.45, 2.75) is 53.4 Å². The van der Waals surface area contributed by atoms with Crippen LogP contribution in [0.4, 0.5) is 0 Å². The first-order chi connectivity index (χ1) is 11.9. The summed E-state index contributed by atoms with van der Waals surface area (Å²) in [5.41, 5.74) is 5.07. The van der Waals surface area contributed by atoms with Crippen LogP contribution in [0.2, 0.25) is 0 Å². The van der Waals surface area contributed by atoms with E-state index in [9.17, 15) is 4.79 Å². The molecule has 0 fully saturated rings. The van der Waals surface area contributed by atoms with Gasteiger partial charge in [0, 0.05) is 20.0 Å². The number of hydrogen-bond acceptors (Lipinski definition) is 4. The number of thiophene rings is 2. The second-order valence-corrected chi connectivity index (χ2v) is 9.88. The fourth-order valence-electron chi connectivity index (χ4n) is 3.31. The van der Waals surface area contributed by atoms with Crippen molar-refractivity contribution in [1.29, 1.82) is 0 Å². The van der Waals surface area contributed by atoms with Gasteiger partial charge in [-0.25, -0.2) is 5.43 Å². The molecule has 1 N–H and O–H groups in total. The van der Waals surface area contributed by atoms with Crippen LogP contribution in [0, 0.1) is 11.3 Å². The summed E-state index contributed by atoms with van der Waals surface area (Å²) >= 11 is 3.43. The van der Waals surface area contributed by atoms with E-state index in [0.717, 1.165) is 36.1 Å². The predicted molar refractivity (Wildman–Crippen MR) is 108 cm³/mol. The molecule has 0 spiro atoms. The Morgan fingerprint density at radius 3 is 2.88 bits per heavy atom. The van der Waals surface area contributed by atoms with E-state index in [0.29, 0.717) is 11.3 Å². The summed E-state index contributed by atoms with van der Waals surface area (Å²) in [5, 5.41) is 6.14. The molecule has 0 saturated carbocycles. The SMILES string of the molecule is CCc1ccc(C=NNC(=O)c2csc3c2CCC(C(C)(C)C)C3)s1. The largest absolute Gasteiger partial charge is 0.272 e. The van der Waals surface area contributed by atoms with Gasteiger partial charge in [-0.3, -0.25) is 4.79 Å². The first-order valence-corrected chi connectivity index (χ1v) is 10.6. The summed E-state index contributed by atoms with van der Waals surface area (Å²) in [6, 6.07) is 4.15. The molecule has 1 aliphatic carbocycles. The molecule has 2 aromatic rings. The standard InChI is InChI=1S/C20H26N2OS2/c1-5-14-7-8-15(25-14)11-21-22-19(23)17-12-24-18-10-13(20(2,3)4)6-9-16(17)18/h7-8,11-13H,5-6,9-10H2,1-4H3,(H,22,23). The van der Waals surface area contributed by atoms with E-state index in [2.05, 4.69) is 44.3 Å². The molecule has 2 heterocycles. The van der Waals surface area contributed by atoms with Crippen LogP contribution in [0.5, 0.6) is 0 Å². The van der Waals surface area contributed by atoms with E-state index in [1.165, 1.54) is 15.3 Å². The van der Waals surface area contributed by atoms with E-state index in [1.807, 2.05) is 11.4 Å². The number of hydrogen-bond donors (Lipinski definition) is 1. The molecular formula is C20H26N2OS2. The number of carbonyl (C=O) groups excluding carboxylic acids is 1. The average Bonchev–Trinajstić information content (AvgIpc) is 3.19. The molecule has 134 valence electrons. The lowest BCUT2D eigenvalue weighted by molar-refractivity contribution is 0.0954. The summed E-state index contributed by atoms with van der Waals surface area (Å²) in [6.07, 6.45) is 6.01. The Kier molecular flexibility index (Phi) is 5.44. The zero-order valence-electron chi connectivity index (χ0n) is 15.4. The van der Waals surface area contributed by atoms with E-state index in [1.54, 1.807) is 28.9 Å². The Balaban J connectivity index is 1.65. The number of fused-ring (bicyclic) bond motifs is 1. The minimum absolute atomic E-state index is 0.0878. The van der Waals surface area contributed by atoms with Gasteiger partial charge in [0.15, 0.2) is 0 Å². The molecule has 2 aromatic heterocycles. The van der Waals surface area contributed by atoms with Crippen molar-refractivity contribution in [2.75, 3.05) is 0 Å². The van der Waals surface area contributed by atoms with E-state index < -0.39 is 0 Å². The fourth-order valence-corrected chi connectivity index (χ4v) is 5.30. The fraction of sp³-hybridized carbons (Fsp3) is 0.500.